The highest BCUT2D eigenvalue weighted by atomic mass is 16.5. The minimum Gasteiger partial charge on any atom is -0.407 e. The molecule has 6 nitrogen and oxygen atoms in total. The van der Waals surface area contributed by atoms with Gasteiger partial charge in [0.1, 0.15) is 0 Å². The summed E-state index contributed by atoms with van der Waals surface area (Å²) in [6.07, 6.45) is 2.26. The number of anilines is 1. The first-order valence-corrected chi connectivity index (χ1v) is 7.07. The summed E-state index contributed by atoms with van der Waals surface area (Å²) < 4.78 is 10.9. The highest BCUT2D eigenvalue weighted by Gasteiger charge is 2.05. The maximum absolute atomic E-state index is 5.44. The molecule has 110 valence electrons. The second-order valence-corrected chi connectivity index (χ2v) is 4.92. The molecule has 1 aromatic rings. The maximum Gasteiger partial charge on any atom is 0.315 e. The molecule has 0 aromatic carbocycles. The standard InChI is InChI=1S/C13H26N4O2/c1-4-5-7-18-8-6-15-13-17-16-12(19-13)10-14-9-11(2)3/h11,14H,4-10H2,1-3H3,(H,15,17). The van der Waals surface area contributed by atoms with E-state index in [1.54, 1.807) is 0 Å². The molecule has 6 heteroatoms. The number of nitrogens with one attached hydrogen (secondary N) is 2. The first-order valence-electron chi connectivity index (χ1n) is 7.07. The van der Waals surface area contributed by atoms with E-state index in [-0.39, 0.29) is 0 Å². The Kier molecular flexibility index (Phi) is 8.16. The molecule has 2 N–H and O–H groups in total. The van der Waals surface area contributed by atoms with Crippen molar-refractivity contribution in [3.05, 3.63) is 5.89 Å². The van der Waals surface area contributed by atoms with Gasteiger partial charge in [0.05, 0.1) is 13.2 Å². The van der Waals surface area contributed by atoms with Crippen LogP contribution in [0.5, 0.6) is 0 Å². The molecule has 0 unspecified atom stereocenters. The third-order valence-electron chi connectivity index (χ3n) is 2.46. The van der Waals surface area contributed by atoms with Crippen molar-refractivity contribution in [1.29, 1.82) is 0 Å². The Morgan fingerprint density at radius 2 is 2.11 bits per heavy atom. The lowest BCUT2D eigenvalue weighted by Crippen LogP contribution is -2.19. The van der Waals surface area contributed by atoms with Gasteiger partial charge in [0.2, 0.25) is 5.89 Å². The molecule has 1 heterocycles. The van der Waals surface area contributed by atoms with Crippen LogP contribution in [0.4, 0.5) is 6.01 Å². The monoisotopic (exact) mass is 270 g/mol. The normalized spacial score (nSPS) is 11.2. The predicted octanol–water partition coefficient (Wildman–Crippen LogP) is 2.04. The maximum atomic E-state index is 5.44. The van der Waals surface area contributed by atoms with Gasteiger partial charge < -0.3 is 19.8 Å². The Bertz CT molecular complexity index is 328. The number of ether oxygens (including phenoxy) is 1. The average Bonchev–Trinajstić information content (AvgIpc) is 2.81. The van der Waals surface area contributed by atoms with Crippen LogP contribution in [0.1, 0.15) is 39.5 Å². The molecule has 0 amide bonds. The number of hydrogen-bond donors (Lipinski definition) is 2. The van der Waals surface area contributed by atoms with Gasteiger partial charge in [0.15, 0.2) is 0 Å². The highest BCUT2D eigenvalue weighted by Crippen LogP contribution is 2.04. The Morgan fingerprint density at radius 1 is 1.26 bits per heavy atom. The fourth-order valence-corrected chi connectivity index (χ4v) is 1.44. The van der Waals surface area contributed by atoms with Crippen molar-refractivity contribution in [2.45, 2.75) is 40.2 Å². The lowest BCUT2D eigenvalue weighted by atomic mass is 10.2. The van der Waals surface area contributed by atoms with Crippen LogP contribution in [0, 0.1) is 5.92 Å². The van der Waals surface area contributed by atoms with Crippen LogP contribution in [-0.4, -0.2) is 36.5 Å². The molecular formula is C13H26N4O2. The SMILES string of the molecule is CCCCOCCNc1nnc(CNCC(C)C)o1. The summed E-state index contributed by atoms with van der Waals surface area (Å²) >= 11 is 0. The molecule has 0 aliphatic carbocycles. The summed E-state index contributed by atoms with van der Waals surface area (Å²) in [5.74, 6) is 1.22. The van der Waals surface area contributed by atoms with E-state index in [1.807, 2.05) is 0 Å². The van der Waals surface area contributed by atoms with Gasteiger partial charge in [-0.2, -0.15) is 0 Å². The second-order valence-electron chi connectivity index (χ2n) is 4.92. The number of rotatable bonds is 11. The van der Waals surface area contributed by atoms with Gasteiger partial charge in [0.25, 0.3) is 0 Å². The van der Waals surface area contributed by atoms with Crippen LogP contribution in [-0.2, 0) is 11.3 Å². The summed E-state index contributed by atoms with van der Waals surface area (Å²) in [5.41, 5.74) is 0. The molecule has 0 bridgehead atoms. The van der Waals surface area contributed by atoms with Crippen molar-refractivity contribution in [3.8, 4) is 0 Å². The van der Waals surface area contributed by atoms with Crippen molar-refractivity contribution in [3.63, 3.8) is 0 Å². The zero-order chi connectivity index (χ0) is 13.9. The zero-order valence-electron chi connectivity index (χ0n) is 12.2. The van der Waals surface area contributed by atoms with Crippen molar-refractivity contribution in [2.24, 2.45) is 5.92 Å². The summed E-state index contributed by atoms with van der Waals surface area (Å²) in [4.78, 5) is 0. The Hall–Kier alpha value is -1.14. The molecule has 1 aromatic heterocycles. The summed E-state index contributed by atoms with van der Waals surface area (Å²) in [5, 5.41) is 14.2. The van der Waals surface area contributed by atoms with E-state index in [9.17, 15) is 0 Å². The van der Waals surface area contributed by atoms with Crippen molar-refractivity contribution in [2.75, 3.05) is 31.6 Å². The van der Waals surface area contributed by atoms with E-state index in [0.29, 0.717) is 37.5 Å². The van der Waals surface area contributed by atoms with Crippen LogP contribution >= 0.6 is 0 Å². The summed E-state index contributed by atoms with van der Waals surface area (Å²) in [6, 6.07) is 0.459. The predicted molar refractivity (Wildman–Crippen MR) is 75.1 cm³/mol. The molecular weight excluding hydrogens is 244 g/mol. The lowest BCUT2D eigenvalue weighted by molar-refractivity contribution is 0.140. The van der Waals surface area contributed by atoms with Gasteiger partial charge in [-0.1, -0.05) is 32.3 Å². The van der Waals surface area contributed by atoms with Gasteiger partial charge in [-0.05, 0) is 18.9 Å². The first-order chi connectivity index (χ1) is 9.22. The van der Waals surface area contributed by atoms with Crippen LogP contribution < -0.4 is 10.6 Å². The van der Waals surface area contributed by atoms with E-state index in [4.69, 9.17) is 9.15 Å². The average molecular weight is 270 g/mol. The quantitative estimate of drug-likeness (QED) is 0.600. The molecule has 19 heavy (non-hydrogen) atoms. The Morgan fingerprint density at radius 3 is 2.84 bits per heavy atom. The Labute approximate surface area is 115 Å². The van der Waals surface area contributed by atoms with Crippen molar-refractivity contribution in [1.82, 2.24) is 15.5 Å². The third kappa shape index (κ3) is 7.79. The molecule has 0 aliphatic rings. The van der Waals surface area contributed by atoms with Gasteiger partial charge >= 0.3 is 6.01 Å². The van der Waals surface area contributed by atoms with Gasteiger partial charge in [-0.3, -0.25) is 0 Å². The lowest BCUT2D eigenvalue weighted by Gasteiger charge is -2.04. The van der Waals surface area contributed by atoms with E-state index in [2.05, 4.69) is 41.6 Å². The fourth-order valence-electron chi connectivity index (χ4n) is 1.44. The summed E-state index contributed by atoms with van der Waals surface area (Å²) in [7, 11) is 0. The zero-order valence-corrected chi connectivity index (χ0v) is 12.2. The minimum absolute atomic E-state index is 0.459. The highest BCUT2D eigenvalue weighted by molar-refractivity contribution is 5.16. The largest absolute Gasteiger partial charge is 0.407 e. The smallest absolute Gasteiger partial charge is 0.315 e. The van der Waals surface area contributed by atoms with Crippen LogP contribution in [0.2, 0.25) is 0 Å². The first kappa shape index (κ1) is 15.9. The van der Waals surface area contributed by atoms with E-state index < -0.39 is 0 Å². The fraction of sp³-hybridized carbons (Fsp3) is 0.846. The van der Waals surface area contributed by atoms with Crippen LogP contribution in [0.3, 0.4) is 0 Å². The number of unbranched alkanes of at least 4 members (excludes halogenated alkanes) is 1. The molecule has 0 fully saturated rings. The van der Waals surface area contributed by atoms with Crippen LogP contribution in [0.15, 0.2) is 4.42 Å². The Balaban J connectivity index is 2.09. The van der Waals surface area contributed by atoms with E-state index in [1.165, 1.54) is 0 Å². The van der Waals surface area contributed by atoms with Crippen molar-refractivity contribution < 1.29 is 9.15 Å². The topological polar surface area (TPSA) is 72.2 Å². The van der Waals surface area contributed by atoms with Gasteiger partial charge in [-0.15, -0.1) is 5.10 Å². The molecule has 0 saturated carbocycles. The molecule has 0 aliphatic heterocycles. The molecule has 0 spiro atoms. The second kappa shape index (κ2) is 9.75. The number of aromatic nitrogens is 2. The molecule has 1 rings (SSSR count). The van der Waals surface area contributed by atoms with Crippen molar-refractivity contribution >= 4 is 6.01 Å². The van der Waals surface area contributed by atoms with Gasteiger partial charge in [0, 0.05) is 13.2 Å². The molecule has 0 atom stereocenters. The van der Waals surface area contributed by atoms with E-state index >= 15 is 0 Å². The minimum atomic E-state index is 0.459. The molecule has 0 radical (unpaired) electrons. The van der Waals surface area contributed by atoms with E-state index in [0.717, 1.165) is 26.0 Å². The summed E-state index contributed by atoms with van der Waals surface area (Å²) in [6.45, 7) is 10.2. The number of nitrogens with zero attached hydrogens (tertiary/aromatic N) is 2. The van der Waals surface area contributed by atoms with Gasteiger partial charge in [-0.25, -0.2) is 0 Å². The third-order valence-corrected chi connectivity index (χ3v) is 2.46. The molecule has 0 saturated heterocycles. The number of hydrogen-bond acceptors (Lipinski definition) is 6. The van der Waals surface area contributed by atoms with Crippen LogP contribution in [0.25, 0.3) is 0 Å².